The maximum atomic E-state index is 12.5. The summed E-state index contributed by atoms with van der Waals surface area (Å²) in [4.78, 5) is 12.4. The van der Waals surface area contributed by atoms with Crippen LogP contribution in [0.5, 0.6) is 0 Å². The number of furan rings is 1. The number of benzene rings is 2. The van der Waals surface area contributed by atoms with E-state index >= 15 is 0 Å². The molecule has 0 saturated heterocycles. The SMILES string of the molecule is O=C(NCCSCc1ccco1)c1cccc(S(=O)(=O)Nc2ccccc2)c1. The minimum absolute atomic E-state index is 0.0381. The minimum atomic E-state index is -3.77. The van der Waals surface area contributed by atoms with Crippen LogP contribution in [-0.2, 0) is 15.8 Å². The number of thioether (sulfide) groups is 1. The molecule has 0 fully saturated rings. The molecule has 0 radical (unpaired) electrons. The van der Waals surface area contributed by atoms with Crippen LogP contribution in [0.15, 0.2) is 82.3 Å². The lowest BCUT2D eigenvalue weighted by molar-refractivity contribution is 0.0956. The lowest BCUT2D eigenvalue weighted by atomic mass is 10.2. The van der Waals surface area contributed by atoms with Gasteiger partial charge < -0.3 is 9.73 Å². The molecule has 2 N–H and O–H groups in total. The molecule has 0 aliphatic carbocycles. The van der Waals surface area contributed by atoms with Crippen LogP contribution in [0.3, 0.4) is 0 Å². The van der Waals surface area contributed by atoms with Gasteiger partial charge in [0, 0.05) is 23.5 Å². The molecule has 0 aliphatic heterocycles. The van der Waals surface area contributed by atoms with Crippen LogP contribution in [0.2, 0.25) is 0 Å². The Balaban J connectivity index is 1.55. The van der Waals surface area contributed by atoms with Gasteiger partial charge in [-0.05, 0) is 42.5 Å². The zero-order valence-electron chi connectivity index (χ0n) is 15.0. The lowest BCUT2D eigenvalue weighted by Crippen LogP contribution is -2.26. The maximum Gasteiger partial charge on any atom is 0.261 e. The smallest absolute Gasteiger partial charge is 0.261 e. The third-order valence-corrected chi connectivity index (χ3v) is 6.15. The highest BCUT2D eigenvalue weighted by Crippen LogP contribution is 2.17. The largest absolute Gasteiger partial charge is 0.468 e. The van der Waals surface area contributed by atoms with Crippen LogP contribution in [0.4, 0.5) is 5.69 Å². The Labute approximate surface area is 168 Å². The molecule has 146 valence electrons. The van der Waals surface area contributed by atoms with Crippen molar-refractivity contribution in [2.45, 2.75) is 10.6 Å². The summed E-state index contributed by atoms with van der Waals surface area (Å²) < 4.78 is 32.8. The van der Waals surface area contributed by atoms with Crippen LogP contribution in [-0.4, -0.2) is 26.6 Å². The van der Waals surface area contributed by atoms with Gasteiger partial charge in [-0.3, -0.25) is 9.52 Å². The molecule has 1 amide bonds. The standard InChI is InChI=1S/C20H20N2O4S2/c23-20(21-11-13-27-15-18-9-5-12-26-18)16-6-4-10-19(14-16)28(24,25)22-17-7-2-1-3-8-17/h1-10,12,14,22H,11,13,15H2,(H,21,23). The summed E-state index contributed by atoms with van der Waals surface area (Å²) in [7, 11) is -3.77. The predicted molar refractivity (Wildman–Crippen MR) is 111 cm³/mol. The van der Waals surface area contributed by atoms with Crippen molar-refractivity contribution in [2.75, 3.05) is 17.0 Å². The van der Waals surface area contributed by atoms with E-state index in [2.05, 4.69) is 10.0 Å². The van der Waals surface area contributed by atoms with Gasteiger partial charge >= 0.3 is 0 Å². The maximum absolute atomic E-state index is 12.5. The summed E-state index contributed by atoms with van der Waals surface area (Å²) in [5.41, 5.74) is 0.762. The monoisotopic (exact) mass is 416 g/mol. The van der Waals surface area contributed by atoms with E-state index in [0.717, 1.165) is 17.3 Å². The van der Waals surface area contributed by atoms with Gasteiger partial charge in [0.15, 0.2) is 0 Å². The van der Waals surface area contributed by atoms with Crippen molar-refractivity contribution >= 4 is 33.4 Å². The number of anilines is 1. The Bertz CT molecular complexity index is 1000. The van der Waals surface area contributed by atoms with Crippen molar-refractivity contribution in [3.63, 3.8) is 0 Å². The number of carbonyl (C=O) groups excluding carboxylic acids is 1. The average Bonchev–Trinajstić information content (AvgIpc) is 3.22. The van der Waals surface area contributed by atoms with Crippen molar-refractivity contribution in [1.82, 2.24) is 5.32 Å². The van der Waals surface area contributed by atoms with E-state index in [4.69, 9.17) is 4.42 Å². The number of hydrogen-bond acceptors (Lipinski definition) is 5. The second-order valence-electron chi connectivity index (χ2n) is 5.89. The summed E-state index contributed by atoms with van der Waals surface area (Å²) in [6, 6.07) is 18.3. The fourth-order valence-electron chi connectivity index (χ4n) is 2.43. The van der Waals surface area contributed by atoms with Crippen molar-refractivity contribution < 1.29 is 17.6 Å². The first-order chi connectivity index (χ1) is 13.5. The molecular weight excluding hydrogens is 396 g/mol. The molecule has 1 heterocycles. The van der Waals surface area contributed by atoms with Gasteiger partial charge in [0.1, 0.15) is 5.76 Å². The quantitative estimate of drug-likeness (QED) is 0.519. The van der Waals surface area contributed by atoms with Gasteiger partial charge in [0.25, 0.3) is 15.9 Å². The number of carbonyl (C=O) groups is 1. The average molecular weight is 417 g/mol. The van der Waals surface area contributed by atoms with Crippen LogP contribution < -0.4 is 10.0 Å². The number of hydrogen-bond donors (Lipinski definition) is 2. The first-order valence-corrected chi connectivity index (χ1v) is 11.2. The topological polar surface area (TPSA) is 88.4 Å². The number of para-hydroxylation sites is 1. The van der Waals surface area contributed by atoms with Gasteiger partial charge in [0.05, 0.1) is 16.9 Å². The van der Waals surface area contributed by atoms with E-state index in [-0.39, 0.29) is 10.8 Å². The van der Waals surface area contributed by atoms with Gasteiger partial charge in [-0.1, -0.05) is 24.3 Å². The number of sulfonamides is 1. The molecule has 0 unspecified atom stereocenters. The summed E-state index contributed by atoms with van der Waals surface area (Å²) in [5.74, 6) is 2.04. The molecule has 0 saturated carbocycles. The van der Waals surface area contributed by atoms with E-state index in [0.29, 0.717) is 17.8 Å². The fraction of sp³-hybridized carbons (Fsp3) is 0.150. The molecule has 28 heavy (non-hydrogen) atoms. The van der Waals surface area contributed by atoms with Crippen molar-refractivity contribution in [1.29, 1.82) is 0 Å². The Morgan fingerprint density at radius 1 is 1.00 bits per heavy atom. The summed E-state index contributed by atoms with van der Waals surface area (Å²) in [5, 5.41) is 2.80. The van der Waals surface area contributed by atoms with E-state index in [1.54, 1.807) is 60.5 Å². The van der Waals surface area contributed by atoms with Crippen LogP contribution in [0.25, 0.3) is 0 Å². The van der Waals surface area contributed by atoms with Crippen LogP contribution in [0.1, 0.15) is 16.1 Å². The molecule has 0 spiro atoms. The van der Waals surface area contributed by atoms with Crippen LogP contribution >= 0.6 is 11.8 Å². The molecule has 1 aromatic heterocycles. The van der Waals surface area contributed by atoms with Gasteiger partial charge in [-0.25, -0.2) is 8.42 Å². The number of nitrogens with one attached hydrogen (secondary N) is 2. The molecule has 0 aliphatic rings. The number of amides is 1. The predicted octanol–water partition coefficient (Wildman–Crippen LogP) is 3.74. The molecular formula is C20H20N2O4S2. The van der Waals surface area contributed by atoms with Gasteiger partial charge in [-0.2, -0.15) is 11.8 Å². The molecule has 6 nitrogen and oxygen atoms in total. The highest BCUT2D eigenvalue weighted by atomic mass is 32.2. The minimum Gasteiger partial charge on any atom is -0.468 e. The Morgan fingerprint density at radius 3 is 2.57 bits per heavy atom. The van der Waals surface area contributed by atoms with Gasteiger partial charge in [0.2, 0.25) is 0 Å². The van der Waals surface area contributed by atoms with Crippen LogP contribution in [0, 0.1) is 0 Å². The van der Waals surface area contributed by atoms with E-state index in [1.165, 1.54) is 12.1 Å². The normalized spacial score (nSPS) is 11.1. The molecule has 8 heteroatoms. The van der Waals surface area contributed by atoms with Crippen molar-refractivity contribution in [2.24, 2.45) is 0 Å². The van der Waals surface area contributed by atoms with E-state index in [1.807, 2.05) is 12.1 Å². The molecule has 2 aromatic carbocycles. The van der Waals surface area contributed by atoms with Crippen molar-refractivity contribution in [3.8, 4) is 0 Å². The second-order valence-corrected chi connectivity index (χ2v) is 8.67. The molecule has 3 aromatic rings. The molecule has 3 rings (SSSR count). The van der Waals surface area contributed by atoms with E-state index < -0.39 is 10.0 Å². The molecule has 0 atom stereocenters. The Hall–Kier alpha value is -2.71. The third-order valence-electron chi connectivity index (χ3n) is 3.79. The van der Waals surface area contributed by atoms with E-state index in [9.17, 15) is 13.2 Å². The fourth-order valence-corrected chi connectivity index (χ4v) is 4.29. The second kappa shape index (κ2) is 9.48. The summed E-state index contributed by atoms with van der Waals surface area (Å²) in [6.07, 6.45) is 1.63. The van der Waals surface area contributed by atoms with Gasteiger partial charge in [-0.15, -0.1) is 0 Å². The Kier molecular flexibility index (Phi) is 6.78. The highest BCUT2D eigenvalue weighted by molar-refractivity contribution is 7.98. The summed E-state index contributed by atoms with van der Waals surface area (Å²) >= 11 is 1.64. The highest BCUT2D eigenvalue weighted by Gasteiger charge is 2.16. The summed E-state index contributed by atoms with van der Waals surface area (Å²) in [6.45, 7) is 0.476. The zero-order chi connectivity index (χ0) is 19.8. The first-order valence-electron chi connectivity index (χ1n) is 8.61. The number of rotatable bonds is 9. The molecule has 0 bridgehead atoms. The first kappa shape index (κ1) is 20.0. The lowest BCUT2D eigenvalue weighted by Gasteiger charge is -2.10. The third kappa shape index (κ3) is 5.64. The Morgan fingerprint density at radius 2 is 1.82 bits per heavy atom. The zero-order valence-corrected chi connectivity index (χ0v) is 16.6. The van der Waals surface area contributed by atoms with Crippen molar-refractivity contribution in [3.05, 3.63) is 84.3 Å².